The summed E-state index contributed by atoms with van der Waals surface area (Å²) in [7, 11) is -1.22. The van der Waals surface area contributed by atoms with Gasteiger partial charge in [0.05, 0.1) is 31.0 Å². The second-order valence-electron chi connectivity index (χ2n) is 7.33. The molecule has 0 unspecified atom stereocenters. The third kappa shape index (κ3) is 6.13. The number of fused-ring (bicyclic) bond motifs is 1. The number of aromatic nitrogens is 1. The van der Waals surface area contributed by atoms with Crippen LogP contribution in [-0.2, 0) is 14.5 Å². The van der Waals surface area contributed by atoms with Crippen LogP contribution in [0.5, 0.6) is 11.5 Å². The summed E-state index contributed by atoms with van der Waals surface area (Å²) in [5.74, 6) is 1.11. The van der Waals surface area contributed by atoms with E-state index in [4.69, 9.17) is 9.47 Å². The predicted molar refractivity (Wildman–Crippen MR) is 120 cm³/mol. The fourth-order valence-corrected chi connectivity index (χ4v) is 4.07. The average molecular weight is 479 g/mol. The Kier molecular flexibility index (Phi) is 7.75. The molecule has 1 amide bonds. The summed E-state index contributed by atoms with van der Waals surface area (Å²) < 4.78 is 36.4. The minimum absolute atomic E-state index is 0.201. The zero-order chi connectivity index (χ0) is 24.0. The Morgan fingerprint density at radius 3 is 2.61 bits per heavy atom. The molecule has 33 heavy (non-hydrogen) atoms. The quantitative estimate of drug-likeness (QED) is 0.575. The van der Waals surface area contributed by atoms with Crippen molar-refractivity contribution in [3.05, 3.63) is 23.9 Å². The van der Waals surface area contributed by atoms with Gasteiger partial charge in [0.25, 0.3) is 0 Å². The van der Waals surface area contributed by atoms with Crippen LogP contribution in [0.1, 0.15) is 12.0 Å². The maximum Gasteiger partial charge on any atom is 0.423 e. The third-order valence-electron chi connectivity index (χ3n) is 5.26. The van der Waals surface area contributed by atoms with Crippen molar-refractivity contribution in [3.63, 3.8) is 0 Å². The van der Waals surface area contributed by atoms with Crippen molar-refractivity contribution in [1.82, 2.24) is 15.2 Å². The molecular weight excluding hydrogens is 452 g/mol. The molecule has 0 spiro atoms. The number of ether oxygens (including phenoxy) is 2. The number of carbonyl (C=O) groups is 1. The predicted octanol–water partition coefficient (Wildman–Crippen LogP) is 0.565. The average Bonchev–Trinajstić information content (AvgIpc) is 3.01. The first-order valence-corrected chi connectivity index (χ1v) is 11.6. The van der Waals surface area contributed by atoms with E-state index < -0.39 is 16.4 Å². The van der Waals surface area contributed by atoms with Gasteiger partial charge in [-0.05, 0) is 19.0 Å². The number of anilines is 1. The van der Waals surface area contributed by atoms with Crippen molar-refractivity contribution >= 4 is 33.0 Å². The zero-order valence-electron chi connectivity index (χ0n) is 18.4. The number of rotatable bonds is 7. The number of nitriles is 1. The van der Waals surface area contributed by atoms with Crippen LogP contribution in [-0.4, -0.2) is 77.9 Å². The Hall–Kier alpha value is -3.34. The number of amides is 1. The molecule has 13 heteroatoms. The van der Waals surface area contributed by atoms with Gasteiger partial charge in [-0.1, -0.05) is 0 Å². The normalized spacial score (nSPS) is 14.9. The van der Waals surface area contributed by atoms with Gasteiger partial charge in [0, 0.05) is 50.4 Å². The lowest BCUT2D eigenvalue weighted by Gasteiger charge is -2.26. The number of nitrogens with two attached hydrogens (primary N) is 1. The monoisotopic (exact) mass is 478 g/mol. The van der Waals surface area contributed by atoms with Gasteiger partial charge in [-0.25, -0.2) is 4.79 Å². The smallest absolute Gasteiger partial charge is 0.423 e. The van der Waals surface area contributed by atoms with Gasteiger partial charge in [0.15, 0.2) is 11.5 Å². The molecule has 0 saturated carbocycles. The second-order valence-corrected chi connectivity index (χ2v) is 8.48. The number of carbonyl (C=O) groups excluding carboxylic acids is 1. The summed E-state index contributed by atoms with van der Waals surface area (Å²) in [6.07, 6.45) is 1.27. The molecule has 12 nitrogen and oxygen atoms in total. The minimum Gasteiger partial charge on any atom is -0.493 e. The summed E-state index contributed by atoms with van der Waals surface area (Å²) in [4.78, 5) is 20.1. The molecule has 0 atom stereocenters. The standard InChI is InChI=1S/C20H26N6O6S/c1-30-17-10-15-16(11-18(17)31-2)24-13-14(12-21)19(15)26-6-3-5-25(8-9-26)7-4-23-20(27)32-33(22,28)29/h10-11,13H,3-9H2,1-2H3,(H,23,27)(H2,22,28,29). The highest BCUT2D eigenvalue weighted by atomic mass is 32.2. The van der Waals surface area contributed by atoms with Gasteiger partial charge in [0.1, 0.15) is 6.07 Å². The van der Waals surface area contributed by atoms with E-state index in [0.29, 0.717) is 42.2 Å². The maximum absolute atomic E-state index is 11.4. The third-order valence-corrected chi connectivity index (χ3v) is 5.64. The first kappa shape index (κ1) is 24.3. The van der Waals surface area contributed by atoms with Gasteiger partial charge < -0.3 is 23.9 Å². The van der Waals surface area contributed by atoms with E-state index in [2.05, 4.69) is 35.5 Å². The van der Waals surface area contributed by atoms with E-state index in [9.17, 15) is 18.5 Å². The summed E-state index contributed by atoms with van der Waals surface area (Å²) in [5, 5.41) is 17.6. The van der Waals surface area contributed by atoms with Gasteiger partial charge in [-0.2, -0.15) is 18.8 Å². The van der Waals surface area contributed by atoms with Crippen LogP contribution in [0.2, 0.25) is 0 Å². The summed E-state index contributed by atoms with van der Waals surface area (Å²) in [6, 6.07) is 5.86. The van der Waals surface area contributed by atoms with E-state index in [1.807, 2.05) is 6.07 Å². The molecule has 1 aromatic carbocycles. The van der Waals surface area contributed by atoms with Gasteiger partial charge >= 0.3 is 16.4 Å². The summed E-state index contributed by atoms with van der Waals surface area (Å²) in [5.41, 5.74) is 1.95. The van der Waals surface area contributed by atoms with Crippen LogP contribution >= 0.6 is 0 Å². The molecule has 1 aromatic heterocycles. The Balaban J connectivity index is 1.74. The van der Waals surface area contributed by atoms with Crippen molar-refractivity contribution in [2.24, 2.45) is 5.14 Å². The molecule has 0 aliphatic carbocycles. The molecule has 0 bridgehead atoms. The first-order chi connectivity index (χ1) is 15.8. The maximum atomic E-state index is 11.4. The van der Waals surface area contributed by atoms with Crippen LogP contribution in [0.25, 0.3) is 10.9 Å². The largest absolute Gasteiger partial charge is 0.493 e. The lowest BCUT2D eigenvalue weighted by Crippen LogP contribution is -2.38. The molecule has 178 valence electrons. The highest BCUT2D eigenvalue weighted by molar-refractivity contribution is 7.84. The van der Waals surface area contributed by atoms with Crippen molar-refractivity contribution in [2.75, 3.05) is 58.4 Å². The van der Waals surface area contributed by atoms with E-state index in [1.54, 1.807) is 26.5 Å². The van der Waals surface area contributed by atoms with E-state index in [-0.39, 0.29) is 6.54 Å². The number of pyridine rings is 1. The Bertz CT molecular complexity index is 1170. The molecule has 3 N–H and O–H groups in total. The van der Waals surface area contributed by atoms with Crippen LogP contribution in [0.3, 0.4) is 0 Å². The molecule has 1 aliphatic heterocycles. The van der Waals surface area contributed by atoms with Crippen LogP contribution in [0.15, 0.2) is 18.3 Å². The zero-order valence-corrected chi connectivity index (χ0v) is 19.2. The first-order valence-electron chi connectivity index (χ1n) is 10.2. The lowest BCUT2D eigenvalue weighted by molar-refractivity contribution is 0.199. The van der Waals surface area contributed by atoms with Crippen LogP contribution < -0.4 is 24.8 Å². The van der Waals surface area contributed by atoms with E-state index >= 15 is 0 Å². The molecule has 1 aliphatic rings. The van der Waals surface area contributed by atoms with E-state index in [1.165, 1.54) is 0 Å². The highest BCUT2D eigenvalue weighted by Gasteiger charge is 2.22. The second kappa shape index (κ2) is 10.5. The molecule has 1 saturated heterocycles. The number of nitrogens with zero attached hydrogens (tertiary/aromatic N) is 4. The molecule has 3 rings (SSSR count). The lowest BCUT2D eigenvalue weighted by atomic mass is 10.1. The van der Waals surface area contributed by atoms with Gasteiger partial charge in [0.2, 0.25) is 0 Å². The molecule has 2 aromatic rings. The fraction of sp³-hybridized carbons (Fsp3) is 0.450. The molecular formula is C20H26N6O6S. The fourth-order valence-electron chi connectivity index (χ4n) is 3.80. The van der Waals surface area contributed by atoms with Crippen molar-refractivity contribution in [2.45, 2.75) is 6.42 Å². The number of benzene rings is 1. The Labute approximate surface area is 192 Å². The molecule has 2 heterocycles. The van der Waals surface area contributed by atoms with Crippen molar-refractivity contribution < 1.29 is 26.9 Å². The van der Waals surface area contributed by atoms with Gasteiger partial charge in [-0.3, -0.25) is 9.88 Å². The number of methoxy groups -OCH3 is 2. The Morgan fingerprint density at radius 2 is 1.94 bits per heavy atom. The summed E-state index contributed by atoms with van der Waals surface area (Å²) >= 11 is 0. The topological polar surface area (TPSA) is 160 Å². The van der Waals surface area contributed by atoms with Crippen molar-refractivity contribution in [3.8, 4) is 17.6 Å². The minimum atomic E-state index is -4.34. The SMILES string of the molecule is COc1cc2ncc(C#N)c(N3CCCN(CCNC(=O)OS(N)(=O)=O)CC3)c2cc1OC. The number of hydrogen-bond donors (Lipinski definition) is 2. The molecule has 0 radical (unpaired) electrons. The van der Waals surface area contributed by atoms with Gasteiger partial charge in [-0.15, -0.1) is 0 Å². The van der Waals surface area contributed by atoms with Crippen molar-refractivity contribution in [1.29, 1.82) is 5.26 Å². The molecule has 1 fully saturated rings. The number of hydrogen-bond acceptors (Lipinski definition) is 10. The summed E-state index contributed by atoms with van der Waals surface area (Å²) in [6.45, 7) is 3.51. The Morgan fingerprint density at radius 1 is 1.21 bits per heavy atom. The highest BCUT2D eigenvalue weighted by Crippen LogP contribution is 2.37. The van der Waals surface area contributed by atoms with Crippen LogP contribution in [0.4, 0.5) is 10.5 Å². The van der Waals surface area contributed by atoms with E-state index in [0.717, 1.165) is 30.6 Å². The van der Waals surface area contributed by atoms with Crippen LogP contribution in [0, 0.1) is 11.3 Å². The number of nitrogens with one attached hydrogen (secondary N) is 1.